The predicted octanol–water partition coefficient (Wildman–Crippen LogP) is 2.46. The average Bonchev–Trinajstić information content (AvgIpc) is 2.92. The third-order valence-electron chi connectivity index (χ3n) is 4.06. The highest BCUT2D eigenvalue weighted by molar-refractivity contribution is 5.96. The van der Waals surface area contributed by atoms with Gasteiger partial charge in [-0.15, -0.1) is 0 Å². The first-order chi connectivity index (χ1) is 11.2. The van der Waals surface area contributed by atoms with E-state index in [1.807, 2.05) is 0 Å². The number of nitrogens with zero attached hydrogens (tertiary/aromatic N) is 1. The van der Waals surface area contributed by atoms with Gasteiger partial charge in [0.2, 0.25) is 0 Å². The number of hydrogen-bond donors (Lipinski definition) is 1. The van der Waals surface area contributed by atoms with Gasteiger partial charge in [-0.1, -0.05) is 12.1 Å². The van der Waals surface area contributed by atoms with Crippen molar-refractivity contribution in [2.75, 3.05) is 26.2 Å². The Kier molecular flexibility index (Phi) is 5.48. The molecular formula is C16H18F3NO4. The molecule has 1 N–H and O–H groups in total. The van der Waals surface area contributed by atoms with E-state index in [1.54, 1.807) is 24.3 Å². The lowest BCUT2D eigenvalue weighted by Crippen LogP contribution is -2.33. The van der Waals surface area contributed by atoms with Gasteiger partial charge < -0.3 is 9.84 Å². The molecule has 1 aliphatic heterocycles. The van der Waals surface area contributed by atoms with E-state index < -0.39 is 24.0 Å². The van der Waals surface area contributed by atoms with Crippen LogP contribution in [0.4, 0.5) is 13.2 Å². The molecule has 2 atom stereocenters. The third kappa shape index (κ3) is 4.25. The predicted molar refractivity (Wildman–Crippen MR) is 79.1 cm³/mol. The van der Waals surface area contributed by atoms with E-state index in [9.17, 15) is 22.8 Å². The summed E-state index contributed by atoms with van der Waals surface area (Å²) in [5.41, 5.74) is 0.399. The van der Waals surface area contributed by atoms with Crippen LogP contribution in [0.1, 0.15) is 17.3 Å². The highest BCUT2D eigenvalue weighted by Crippen LogP contribution is 2.37. The summed E-state index contributed by atoms with van der Waals surface area (Å²) >= 11 is 0. The fourth-order valence-electron chi connectivity index (χ4n) is 2.82. The van der Waals surface area contributed by atoms with Gasteiger partial charge in [0.1, 0.15) is 12.4 Å². The van der Waals surface area contributed by atoms with E-state index in [1.165, 1.54) is 11.8 Å². The van der Waals surface area contributed by atoms with E-state index >= 15 is 0 Å². The molecule has 24 heavy (non-hydrogen) atoms. The zero-order valence-corrected chi connectivity index (χ0v) is 13.0. The summed E-state index contributed by atoms with van der Waals surface area (Å²) in [7, 11) is 0. The number of alkyl halides is 3. The van der Waals surface area contributed by atoms with Gasteiger partial charge in [0, 0.05) is 19.6 Å². The molecule has 0 aromatic heterocycles. The zero-order valence-electron chi connectivity index (χ0n) is 13.0. The summed E-state index contributed by atoms with van der Waals surface area (Å²) in [4.78, 5) is 23.9. The van der Waals surface area contributed by atoms with Gasteiger partial charge in [-0.05, 0) is 19.1 Å². The molecule has 0 aliphatic carbocycles. The smallest absolute Gasteiger partial charge is 0.393 e. The maximum absolute atomic E-state index is 12.9. The van der Waals surface area contributed by atoms with Gasteiger partial charge in [0.15, 0.2) is 5.78 Å². The molecule has 1 saturated heterocycles. The second-order valence-electron chi connectivity index (χ2n) is 5.75. The van der Waals surface area contributed by atoms with Crippen LogP contribution in [-0.2, 0) is 4.79 Å². The second-order valence-corrected chi connectivity index (χ2v) is 5.75. The third-order valence-corrected chi connectivity index (χ3v) is 4.06. The first-order valence-electron chi connectivity index (χ1n) is 7.44. The van der Waals surface area contributed by atoms with Crippen LogP contribution in [0, 0.1) is 11.8 Å². The summed E-state index contributed by atoms with van der Waals surface area (Å²) in [5.74, 6) is -4.59. The van der Waals surface area contributed by atoms with Gasteiger partial charge in [-0.25, -0.2) is 0 Å². The minimum absolute atomic E-state index is 0.0706. The van der Waals surface area contributed by atoms with Crippen molar-refractivity contribution in [1.82, 2.24) is 4.90 Å². The fraction of sp³-hybridized carbons (Fsp3) is 0.500. The standard InChI is InChI=1S/C16H18F3NO4/c1-10(21)11-4-2-3-5-14(11)24-7-6-20-8-12(15(22)23)13(9-20)16(17,18)19/h2-5,12-13H,6-9H2,1H3,(H,22,23)/t12-,13-/m1/s1. The molecule has 0 radical (unpaired) electrons. The van der Waals surface area contributed by atoms with Gasteiger partial charge >= 0.3 is 12.1 Å². The molecule has 5 nitrogen and oxygen atoms in total. The molecule has 0 bridgehead atoms. The summed E-state index contributed by atoms with van der Waals surface area (Å²) in [5, 5.41) is 8.97. The van der Waals surface area contributed by atoms with Crippen LogP contribution in [0.2, 0.25) is 0 Å². The number of aliphatic carboxylic acids is 1. The molecule has 0 saturated carbocycles. The summed E-state index contributed by atoms with van der Waals surface area (Å²) < 4.78 is 44.2. The molecule has 0 spiro atoms. The number of benzene rings is 1. The monoisotopic (exact) mass is 345 g/mol. The normalized spacial score (nSPS) is 21.7. The molecule has 1 aromatic carbocycles. The van der Waals surface area contributed by atoms with E-state index in [2.05, 4.69) is 0 Å². The largest absolute Gasteiger partial charge is 0.491 e. The molecule has 0 amide bonds. The molecule has 2 rings (SSSR count). The molecule has 0 unspecified atom stereocenters. The average molecular weight is 345 g/mol. The highest BCUT2D eigenvalue weighted by atomic mass is 19.4. The van der Waals surface area contributed by atoms with Crippen LogP contribution < -0.4 is 4.74 Å². The Labute approximate surface area is 137 Å². The number of carbonyl (C=O) groups excluding carboxylic acids is 1. The van der Waals surface area contributed by atoms with Gasteiger partial charge in [-0.3, -0.25) is 14.5 Å². The Balaban J connectivity index is 1.94. The van der Waals surface area contributed by atoms with Crippen LogP contribution in [0.25, 0.3) is 0 Å². The van der Waals surface area contributed by atoms with Gasteiger partial charge in [0.25, 0.3) is 0 Å². The lowest BCUT2D eigenvalue weighted by atomic mass is 9.96. The van der Waals surface area contributed by atoms with Crippen LogP contribution in [-0.4, -0.2) is 54.2 Å². The topological polar surface area (TPSA) is 66.8 Å². The maximum Gasteiger partial charge on any atom is 0.393 e. The summed E-state index contributed by atoms with van der Waals surface area (Å²) in [6.45, 7) is 1.09. The Morgan fingerprint density at radius 1 is 1.29 bits per heavy atom. The molecule has 1 aliphatic rings. The summed E-state index contributed by atoms with van der Waals surface area (Å²) in [6, 6.07) is 6.60. The van der Waals surface area contributed by atoms with Crippen LogP contribution in [0.3, 0.4) is 0 Å². The lowest BCUT2D eigenvalue weighted by molar-refractivity contribution is -0.188. The van der Waals surface area contributed by atoms with Crippen LogP contribution in [0.5, 0.6) is 5.75 Å². The molecular weight excluding hydrogens is 327 g/mol. The number of carboxylic acid groups (broad SMARTS) is 1. The number of ether oxygens (including phenoxy) is 1. The number of para-hydroxylation sites is 1. The number of Topliss-reactive ketones (excluding diaryl/α,β-unsaturated/α-hetero) is 1. The Bertz CT molecular complexity index is 618. The van der Waals surface area contributed by atoms with Crippen molar-refractivity contribution in [1.29, 1.82) is 0 Å². The Morgan fingerprint density at radius 2 is 1.96 bits per heavy atom. The van der Waals surface area contributed by atoms with Crippen molar-refractivity contribution in [2.45, 2.75) is 13.1 Å². The maximum atomic E-state index is 12.9. The molecule has 1 heterocycles. The zero-order chi connectivity index (χ0) is 17.9. The minimum Gasteiger partial charge on any atom is -0.491 e. The number of carbonyl (C=O) groups is 2. The van der Waals surface area contributed by atoms with Crippen molar-refractivity contribution < 1.29 is 32.6 Å². The second kappa shape index (κ2) is 7.21. The number of likely N-dealkylation sites (tertiary alicyclic amines) is 1. The summed E-state index contributed by atoms with van der Waals surface area (Å²) in [6.07, 6.45) is -4.54. The lowest BCUT2D eigenvalue weighted by Gasteiger charge is -2.18. The number of hydrogen-bond acceptors (Lipinski definition) is 4. The van der Waals surface area contributed by atoms with Crippen molar-refractivity contribution in [2.24, 2.45) is 11.8 Å². The number of rotatable bonds is 6. The van der Waals surface area contributed by atoms with Gasteiger partial charge in [0.05, 0.1) is 17.4 Å². The Hall–Kier alpha value is -2.09. The molecule has 132 valence electrons. The van der Waals surface area contributed by atoms with Crippen molar-refractivity contribution in [3.8, 4) is 5.75 Å². The van der Waals surface area contributed by atoms with Crippen molar-refractivity contribution >= 4 is 11.8 Å². The van der Waals surface area contributed by atoms with Crippen LogP contribution in [0.15, 0.2) is 24.3 Å². The van der Waals surface area contributed by atoms with Crippen molar-refractivity contribution in [3.63, 3.8) is 0 Å². The minimum atomic E-state index is -4.54. The number of ketones is 1. The van der Waals surface area contributed by atoms with E-state index in [0.717, 1.165) is 0 Å². The molecule has 1 fully saturated rings. The van der Waals surface area contributed by atoms with Crippen LogP contribution >= 0.6 is 0 Å². The first kappa shape index (κ1) is 18.3. The SMILES string of the molecule is CC(=O)c1ccccc1OCCN1C[C@@H](C(F)(F)F)[C@H](C(=O)O)C1. The molecule has 8 heteroatoms. The number of halogens is 3. The fourth-order valence-corrected chi connectivity index (χ4v) is 2.82. The van der Waals surface area contributed by atoms with E-state index in [4.69, 9.17) is 9.84 Å². The first-order valence-corrected chi connectivity index (χ1v) is 7.44. The van der Waals surface area contributed by atoms with Gasteiger partial charge in [-0.2, -0.15) is 13.2 Å². The highest BCUT2D eigenvalue weighted by Gasteiger charge is 2.52. The molecule has 1 aromatic rings. The number of carboxylic acids is 1. The van der Waals surface area contributed by atoms with E-state index in [0.29, 0.717) is 11.3 Å². The Morgan fingerprint density at radius 3 is 2.50 bits per heavy atom. The quantitative estimate of drug-likeness (QED) is 0.803. The van der Waals surface area contributed by atoms with E-state index in [-0.39, 0.29) is 32.0 Å². The van der Waals surface area contributed by atoms with Crippen molar-refractivity contribution in [3.05, 3.63) is 29.8 Å².